The van der Waals surface area contributed by atoms with Crippen molar-refractivity contribution in [1.29, 1.82) is 0 Å². The molecule has 15 heteroatoms. The van der Waals surface area contributed by atoms with Gasteiger partial charge in [-0.25, -0.2) is 0 Å². The van der Waals surface area contributed by atoms with Gasteiger partial charge in [0.1, 0.15) is 0 Å². The van der Waals surface area contributed by atoms with Crippen LogP contribution in [0.25, 0.3) is 21.5 Å². The summed E-state index contributed by atoms with van der Waals surface area (Å²) in [6.45, 7) is 0. The summed E-state index contributed by atoms with van der Waals surface area (Å²) in [5.74, 6) is 0. The van der Waals surface area contributed by atoms with Gasteiger partial charge in [0.15, 0.2) is 0 Å². The first-order chi connectivity index (χ1) is 15.8. The Balaban J connectivity index is 0.000000623. The molecule has 35 heavy (non-hydrogen) atoms. The SMILES string of the molecule is FC(F)(F)c1cc2c(=S)c3c(=S)c4ccccc4c(=S)c=3c(=S)c2cc1C(F)(F)F.[O-][Cl+3]([O-])([O-])O. The van der Waals surface area contributed by atoms with E-state index in [1.165, 1.54) is 0 Å². The maximum Gasteiger partial charge on any atom is 0.417 e. The number of alkyl halides is 6. The molecule has 2 aromatic rings. The van der Waals surface area contributed by atoms with Crippen LogP contribution < -0.4 is 14.0 Å². The quantitative estimate of drug-likeness (QED) is 0.239. The number of hydrogen-bond acceptors (Lipinski definition) is 8. The Labute approximate surface area is 213 Å². The summed E-state index contributed by atoms with van der Waals surface area (Å²) in [5.41, 5.74) is -3.65. The summed E-state index contributed by atoms with van der Waals surface area (Å²) < 4.78 is 113. The minimum absolute atomic E-state index is 0.102. The molecule has 0 saturated carbocycles. The molecule has 0 aliphatic heterocycles. The van der Waals surface area contributed by atoms with Crippen LogP contribution in [0.1, 0.15) is 11.1 Å². The molecule has 2 aromatic carbocycles. The van der Waals surface area contributed by atoms with Crippen molar-refractivity contribution in [3.05, 3.63) is 76.0 Å². The molecule has 4 rings (SSSR count). The van der Waals surface area contributed by atoms with Crippen LogP contribution in [0.5, 0.6) is 0 Å². The van der Waals surface area contributed by atoms with Gasteiger partial charge in [-0.2, -0.15) is 40.3 Å². The average Bonchev–Trinajstić information content (AvgIpc) is 2.71. The number of halogens is 7. The summed E-state index contributed by atoms with van der Waals surface area (Å²) in [6.07, 6.45) is -10.5. The van der Waals surface area contributed by atoms with E-state index in [1.807, 2.05) is 0 Å². The molecule has 184 valence electrons. The minimum Gasteiger partial charge on any atom is -0.183 e. The normalized spacial score (nSPS) is 12.7. The van der Waals surface area contributed by atoms with Crippen LogP contribution in [0.3, 0.4) is 0 Å². The Kier molecular flexibility index (Phi) is 7.38. The van der Waals surface area contributed by atoms with Gasteiger partial charge in [-0.1, -0.05) is 73.1 Å². The second kappa shape index (κ2) is 9.28. The van der Waals surface area contributed by atoms with Crippen molar-refractivity contribution in [2.24, 2.45) is 0 Å². The molecule has 2 aliphatic carbocycles. The van der Waals surface area contributed by atoms with E-state index in [1.54, 1.807) is 24.3 Å². The highest BCUT2D eigenvalue weighted by Gasteiger charge is 2.43. The summed E-state index contributed by atoms with van der Waals surface area (Å²) in [4.78, 5) is 0. The second-order valence-electron chi connectivity index (χ2n) is 6.95. The fourth-order valence-corrected chi connectivity index (χ4v) is 5.16. The van der Waals surface area contributed by atoms with Crippen LogP contribution in [0.2, 0.25) is 0 Å². The monoisotopic (exact) mass is 588 g/mol. The maximum absolute atomic E-state index is 13.4. The van der Waals surface area contributed by atoms with Gasteiger partial charge >= 0.3 is 12.4 Å². The first-order valence-electron chi connectivity index (χ1n) is 8.81. The molecule has 0 fully saturated rings. The Hall–Kier alpha value is -1.75. The summed E-state index contributed by atoms with van der Waals surface area (Å²) in [5, 5.41) is 1.17. The fraction of sp³-hybridized carbons (Fsp3) is 0.100. The van der Waals surface area contributed by atoms with E-state index in [0.717, 1.165) is 0 Å². The van der Waals surface area contributed by atoms with E-state index in [2.05, 4.69) is 0 Å². The zero-order valence-electron chi connectivity index (χ0n) is 16.4. The molecule has 0 heterocycles. The summed E-state index contributed by atoms with van der Waals surface area (Å²) in [6, 6.07) is 7.64. The van der Waals surface area contributed by atoms with Crippen molar-refractivity contribution in [1.82, 2.24) is 0 Å². The third kappa shape index (κ3) is 5.50. The number of fused-ring (bicyclic) bond motifs is 2. The third-order valence-corrected chi connectivity index (χ3v) is 6.53. The van der Waals surface area contributed by atoms with Gasteiger partial charge in [0.05, 0.1) is 44.1 Å². The van der Waals surface area contributed by atoms with Crippen LogP contribution in [-0.2, 0) is 12.4 Å². The summed E-state index contributed by atoms with van der Waals surface area (Å²) >= 11 is 21.7. The van der Waals surface area contributed by atoms with Crippen molar-refractivity contribution < 1.29 is 55.2 Å². The molecule has 0 amide bonds. The number of hydrogen-bond donors (Lipinski definition) is 1. The van der Waals surface area contributed by atoms with Crippen LogP contribution in [0.15, 0.2) is 36.4 Å². The largest absolute Gasteiger partial charge is 0.417 e. The molecule has 0 radical (unpaired) electrons. The number of rotatable bonds is 0. The van der Waals surface area contributed by atoms with E-state index in [9.17, 15) is 26.3 Å². The Bertz CT molecular complexity index is 1630. The molecule has 0 bridgehead atoms. The van der Waals surface area contributed by atoms with Crippen LogP contribution in [0.4, 0.5) is 26.3 Å². The van der Waals surface area contributed by atoms with Crippen molar-refractivity contribution in [2.45, 2.75) is 12.4 Å². The lowest BCUT2D eigenvalue weighted by molar-refractivity contribution is -1.92. The molecule has 2 aliphatic rings. The standard InChI is InChI=1S/C20H6F6S4.ClHO4/c21-19(22,23)11-5-9-10(6-12(11)20(24,25)26)18(30)14-13(17(9)29)15(27)7-3-1-2-4-8(7)16(14)28;2-1(3,4)5/h1-6H;(H,2,3,4,5). The van der Waals surface area contributed by atoms with Crippen LogP contribution in [0, 0.1) is 38.7 Å². The molecular weight excluding hydrogens is 582 g/mol. The average molecular weight is 589 g/mol. The van der Waals surface area contributed by atoms with E-state index in [-0.39, 0.29) is 39.3 Å². The second-order valence-corrected chi connectivity index (χ2v) is 9.37. The highest BCUT2D eigenvalue weighted by Crippen LogP contribution is 2.43. The lowest BCUT2D eigenvalue weighted by Crippen LogP contribution is -2.58. The smallest absolute Gasteiger partial charge is 0.183 e. The van der Waals surface area contributed by atoms with E-state index in [0.29, 0.717) is 22.9 Å². The zero-order valence-corrected chi connectivity index (χ0v) is 20.4. The molecule has 4 nitrogen and oxygen atoms in total. The van der Waals surface area contributed by atoms with Gasteiger partial charge in [0, 0.05) is 32.0 Å². The van der Waals surface area contributed by atoms with Gasteiger partial charge in [0.2, 0.25) is 0 Å². The first-order valence-corrected chi connectivity index (χ1v) is 11.7. The third-order valence-electron chi connectivity index (χ3n) is 4.83. The zero-order chi connectivity index (χ0) is 26.7. The lowest BCUT2D eigenvalue weighted by atomic mass is 9.97. The van der Waals surface area contributed by atoms with Gasteiger partial charge in [-0.15, -0.1) is 0 Å². The first kappa shape index (κ1) is 27.8. The van der Waals surface area contributed by atoms with Crippen LogP contribution in [-0.4, -0.2) is 4.66 Å². The lowest BCUT2D eigenvalue weighted by Gasteiger charge is -2.17. The molecule has 0 unspecified atom stereocenters. The Morgan fingerprint density at radius 3 is 1.11 bits per heavy atom. The molecule has 0 atom stereocenters. The predicted molar refractivity (Wildman–Crippen MR) is 115 cm³/mol. The van der Waals surface area contributed by atoms with E-state index >= 15 is 0 Å². The molecule has 0 aromatic heterocycles. The molecule has 1 N–H and O–H groups in total. The summed E-state index contributed by atoms with van der Waals surface area (Å²) in [7, 11) is -4.69. The maximum atomic E-state index is 13.4. The minimum atomic E-state index is -5.24. The van der Waals surface area contributed by atoms with E-state index < -0.39 is 33.7 Å². The van der Waals surface area contributed by atoms with Crippen molar-refractivity contribution in [3.8, 4) is 0 Å². The van der Waals surface area contributed by atoms with Crippen molar-refractivity contribution in [3.63, 3.8) is 0 Å². The highest BCUT2D eigenvalue weighted by molar-refractivity contribution is 7.73. The van der Waals surface area contributed by atoms with Crippen molar-refractivity contribution in [2.75, 3.05) is 0 Å². The molecular formula is C20H7ClF6O4S4. The Morgan fingerprint density at radius 2 is 0.857 bits per heavy atom. The predicted octanol–water partition coefficient (Wildman–Crippen LogP) is 4.42. The number of benzene rings is 2. The molecule has 0 saturated heterocycles. The van der Waals surface area contributed by atoms with Gasteiger partial charge in [0.25, 0.3) is 0 Å². The topological polar surface area (TPSA) is 89.4 Å². The Morgan fingerprint density at radius 1 is 0.600 bits per heavy atom. The molecule has 0 spiro atoms. The van der Waals surface area contributed by atoms with Gasteiger partial charge in [-0.05, 0) is 12.1 Å². The van der Waals surface area contributed by atoms with E-state index in [4.69, 9.17) is 67.5 Å². The van der Waals surface area contributed by atoms with Crippen molar-refractivity contribution >= 4 is 70.4 Å². The van der Waals surface area contributed by atoms with Gasteiger partial charge < -0.3 is 0 Å². The van der Waals surface area contributed by atoms with Crippen LogP contribution >= 0.6 is 48.9 Å². The van der Waals surface area contributed by atoms with Gasteiger partial charge in [-0.3, -0.25) is 0 Å². The fourth-order valence-electron chi connectivity index (χ4n) is 3.52. The highest BCUT2D eigenvalue weighted by atomic mass is 35.7.